The predicted octanol–water partition coefficient (Wildman–Crippen LogP) is 1.85. The van der Waals surface area contributed by atoms with E-state index in [4.69, 9.17) is 0 Å². The second-order valence-electron chi connectivity index (χ2n) is 5.97. The van der Waals surface area contributed by atoms with Gasteiger partial charge in [-0.1, -0.05) is 18.2 Å². The lowest BCUT2D eigenvalue weighted by Crippen LogP contribution is -2.25. The zero-order chi connectivity index (χ0) is 17.9. The van der Waals surface area contributed by atoms with Crippen molar-refractivity contribution in [3.05, 3.63) is 71.7 Å². The lowest BCUT2D eigenvalue weighted by atomic mass is 10.1. The van der Waals surface area contributed by atoms with Crippen LogP contribution in [0.5, 0.6) is 0 Å². The predicted molar refractivity (Wildman–Crippen MR) is 96.2 cm³/mol. The van der Waals surface area contributed by atoms with Crippen LogP contribution in [-0.2, 0) is 22.0 Å². The third-order valence-electron chi connectivity index (χ3n) is 3.70. The van der Waals surface area contributed by atoms with Crippen LogP contribution in [-0.4, -0.2) is 36.5 Å². The Kier molecular flexibility index (Phi) is 4.85. The van der Waals surface area contributed by atoms with Crippen molar-refractivity contribution in [1.82, 2.24) is 14.7 Å². The first-order valence-electron chi connectivity index (χ1n) is 7.88. The van der Waals surface area contributed by atoms with Gasteiger partial charge in [0.05, 0.1) is 11.4 Å². The van der Waals surface area contributed by atoms with Crippen LogP contribution in [0, 0.1) is 0 Å². The van der Waals surface area contributed by atoms with Crippen molar-refractivity contribution in [2.75, 3.05) is 12.8 Å². The van der Waals surface area contributed by atoms with Crippen molar-refractivity contribution in [2.24, 2.45) is 0 Å². The number of aromatic nitrogens is 2. The smallest absolute Gasteiger partial charge is 0.251 e. The molecule has 6 nitrogen and oxygen atoms in total. The molecular formula is C18H19N3O3S. The van der Waals surface area contributed by atoms with Crippen LogP contribution in [0.1, 0.15) is 21.6 Å². The fourth-order valence-electron chi connectivity index (χ4n) is 2.62. The highest BCUT2D eigenvalue weighted by atomic mass is 32.2. The minimum atomic E-state index is -3.13. The average molecular weight is 357 g/mol. The van der Waals surface area contributed by atoms with Gasteiger partial charge in [-0.3, -0.25) is 4.79 Å². The van der Waals surface area contributed by atoms with Gasteiger partial charge in [0.1, 0.15) is 5.65 Å². The zero-order valence-electron chi connectivity index (χ0n) is 13.8. The number of fused-ring (bicyclic) bond motifs is 1. The normalized spacial score (nSPS) is 11.6. The molecular weight excluding hydrogens is 338 g/mol. The Balaban J connectivity index is 1.59. The highest BCUT2D eigenvalue weighted by Gasteiger charge is 2.09. The first-order valence-corrected chi connectivity index (χ1v) is 9.94. The number of rotatable bonds is 6. The lowest BCUT2D eigenvalue weighted by molar-refractivity contribution is 0.0954. The second-order valence-corrected chi connectivity index (χ2v) is 8.11. The number of amides is 1. The summed E-state index contributed by atoms with van der Waals surface area (Å²) in [6.07, 6.45) is 5.66. The van der Waals surface area contributed by atoms with E-state index in [1.54, 1.807) is 24.3 Å². The molecule has 0 spiro atoms. The van der Waals surface area contributed by atoms with E-state index in [0.29, 0.717) is 24.1 Å². The summed E-state index contributed by atoms with van der Waals surface area (Å²) in [6.45, 7) is 0.457. The monoisotopic (exact) mass is 357 g/mol. The van der Waals surface area contributed by atoms with Crippen molar-refractivity contribution < 1.29 is 13.2 Å². The van der Waals surface area contributed by atoms with E-state index in [2.05, 4.69) is 10.3 Å². The van der Waals surface area contributed by atoms with Gasteiger partial charge in [-0.2, -0.15) is 0 Å². The Morgan fingerprint density at radius 2 is 2.04 bits per heavy atom. The summed E-state index contributed by atoms with van der Waals surface area (Å²) in [5.41, 5.74) is 2.83. The molecule has 1 N–H and O–H groups in total. The molecule has 0 aliphatic rings. The molecule has 3 aromatic rings. The van der Waals surface area contributed by atoms with Crippen LogP contribution in [0.25, 0.3) is 5.65 Å². The number of hydrogen-bond donors (Lipinski definition) is 1. The van der Waals surface area contributed by atoms with E-state index < -0.39 is 9.84 Å². The van der Waals surface area contributed by atoms with E-state index >= 15 is 0 Å². The van der Waals surface area contributed by atoms with Gasteiger partial charge in [0.15, 0.2) is 9.84 Å². The van der Waals surface area contributed by atoms with Crippen LogP contribution in [0.15, 0.2) is 54.9 Å². The molecule has 0 atom stereocenters. The number of imidazole rings is 1. The number of hydrogen-bond acceptors (Lipinski definition) is 4. The van der Waals surface area contributed by atoms with Crippen LogP contribution in [0.2, 0.25) is 0 Å². The quantitative estimate of drug-likeness (QED) is 0.730. The highest BCUT2D eigenvalue weighted by Crippen LogP contribution is 2.09. The summed E-state index contributed by atoms with van der Waals surface area (Å²) in [5, 5.41) is 2.84. The molecule has 25 heavy (non-hydrogen) atoms. The summed E-state index contributed by atoms with van der Waals surface area (Å²) >= 11 is 0. The SMILES string of the molecule is CS(=O)(=O)Cc1cccc(C(=O)NCCc2cn3ccccc3n2)c1. The van der Waals surface area contributed by atoms with E-state index in [0.717, 1.165) is 11.3 Å². The number of sulfone groups is 1. The second kappa shape index (κ2) is 7.06. The first-order chi connectivity index (χ1) is 11.9. The van der Waals surface area contributed by atoms with Crippen molar-refractivity contribution >= 4 is 21.4 Å². The molecule has 0 saturated carbocycles. The number of pyridine rings is 1. The average Bonchev–Trinajstić information content (AvgIpc) is 2.96. The first kappa shape index (κ1) is 17.2. The van der Waals surface area contributed by atoms with Gasteiger partial charge in [-0.25, -0.2) is 13.4 Å². The summed E-state index contributed by atoms with van der Waals surface area (Å²) in [6, 6.07) is 12.5. The van der Waals surface area contributed by atoms with Gasteiger partial charge < -0.3 is 9.72 Å². The van der Waals surface area contributed by atoms with Gasteiger partial charge in [0, 0.05) is 37.2 Å². The molecule has 2 heterocycles. The Bertz CT molecular complexity index is 976. The zero-order valence-corrected chi connectivity index (χ0v) is 14.7. The van der Waals surface area contributed by atoms with E-state index in [1.807, 2.05) is 35.0 Å². The molecule has 2 aromatic heterocycles. The molecule has 0 aliphatic carbocycles. The molecule has 0 saturated heterocycles. The molecule has 130 valence electrons. The summed E-state index contributed by atoms with van der Waals surface area (Å²) in [4.78, 5) is 16.7. The van der Waals surface area contributed by atoms with Crippen molar-refractivity contribution in [3.63, 3.8) is 0 Å². The fraction of sp³-hybridized carbons (Fsp3) is 0.222. The minimum Gasteiger partial charge on any atom is -0.352 e. The molecule has 7 heteroatoms. The maximum absolute atomic E-state index is 12.2. The largest absolute Gasteiger partial charge is 0.352 e. The number of carbonyl (C=O) groups is 1. The van der Waals surface area contributed by atoms with Gasteiger partial charge in [0.25, 0.3) is 5.91 Å². The van der Waals surface area contributed by atoms with Crippen LogP contribution in [0.4, 0.5) is 0 Å². The summed E-state index contributed by atoms with van der Waals surface area (Å²) in [7, 11) is -3.13. The molecule has 3 rings (SSSR count). The molecule has 1 amide bonds. The number of nitrogens with one attached hydrogen (secondary N) is 1. The Hall–Kier alpha value is -2.67. The lowest BCUT2D eigenvalue weighted by Gasteiger charge is -2.06. The van der Waals surface area contributed by atoms with Gasteiger partial charge in [-0.15, -0.1) is 0 Å². The molecule has 1 aromatic carbocycles. The van der Waals surface area contributed by atoms with Crippen LogP contribution < -0.4 is 5.32 Å². The standard InChI is InChI=1S/C18H19N3O3S/c1-25(23,24)13-14-5-4-6-15(11-14)18(22)19-9-8-16-12-21-10-3-2-7-17(21)20-16/h2-7,10-12H,8-9,13H2,1H3,(H,19,22). The molecule has 0 unspecified atom stereocenters. The topological polar surface area (TPSA) is 80.5 Å². The van der Waals surface area contributed by atoms with Crippen molar-refractivity contribution in [2.45, 2.75) is 12.2 Å². The number of nitrogens with zero attached hydrogens (tertiary/aromatic N) is 2. The number of carbonyl (C=O) groups excluding carboxylic acids is 1. The van der Waals surface area contributed by atoms with Gasteiger partial charge in [-0.05, 0) is 29.8 Å². The molecule has 0 fully saturated rings. The fourth-order valence-corrected chi connectivity index (χ4v) is 3.40. The minimum absolute atomic E-state index is 0.0740. The van der Waals surface area contributed by atoms with Crippen LogP contribution in [0.3, 0.4) is 0 Å². The van der Waals surface area contributed by atoms with Crippen molar-refractivity contribution in [3.8, 4) is 0 Å². The third-order valence-corrected chi connectivity index (χ3v) is 4.56. The maximum Gasteiger partial charge on any atom is 0.251 e. The molecule has 0 radical (unpaired) electrons. The van der Waals surface area contributed by atoms with Crippen LogP contribution >= 0.6 is 0 Å². The summed E-state index contributed by atoms with van der Waals surface area (Å²) in [5.74, 6) is -0.297. The van der Waals surface area contributed by atoms with E-state index in [1.165, 1.54) is 6.26 Å². The van der Waals surface area contributed by atoms with E-state index in [-0.39, 0.29) is 11.7 Å². The highest BCUT2D eigenvalue weighted by molar-refractivity contribution is 7.89. The maximum atomic E-state index is 12.2. The summed E-state index contributed by atoms with van der Waals surface area (Å²) < 4.78 is 24.7. The number of benzene rings is 1. The Morgan fingerprint density at radius 1 is 1.20 bits per heavy atom. The third kappa shape index (κ3) is 4.67. The molecule has 0 bridgehead atoms. The van der Waals surface area contributed by atoms with Crippen molar-refractivity contribution in [1.29, 1.82) is 0 Å². The molecule has 0 aliphatic heterocycles. The van der Waals surface area contributed by atoms with Gasteiger partial charge in [0.2, 0.25) is 0 Å². The van der Waals surface area contributed by atoms with E-state index in [9.17, 15) is 13.2 Å². The van der Waals surface area contributed by atoms with Gasteiger partial charge >= 0.3 is 0 Å². The Labute approximate surface area is 146 Å². The Morgan fingerprint density at radius 3 is 2.80 bits per heavy atom.